The van der Waals surface area contributed by atoms with Crippen molar-refractivity contribution in [3.05, 3.63) is 170 Å². The molecule has 0 spiro atoms. The second kappa shape index (κ2) is 13.7. The third-order valence-electron chi connectivity index (χ3n) is 7.17. The van der Waals surface area contributed by atoms with Crippen molar-refractivity contribution < 1.29 is 0 Å². The van der Waals surface area contributed by atoms with Crippen molar-refractivity contribution in [1.82, 2.24) is 4.57 Å². The summed E-state index contributed by atoms with van der Waals surface area (Å²) in [5.74, 6) is 0. The largest absolute Gasteiger partial charge is 0.309 e. The Hall–Kier alpha value is -3.44. The van der Waals surface area contributed by atoms with E-state index in [2.05, 4.69) is 174 Å². The number of para-hydroxylation sites is 2. The molecule has 1 aliphatic carbocycles. The molecule has 4 heteroatoms. The summed E-state index contributed by atoms with van der Waals surface area (Å²) in [7, 11) is 0. The summed E-state index contributed by atoms with van der Waals surface area (Å²) in [6.07, 6.45) is 1.10. The van der Waals surface area contributed by atoms with E-state index in [1.807, 2.05) is 24.3 Å². The molecule has 6 aromatic carbocycles. The molecule has 0 N–H and O–H groups in total. The third-order valence-corrected chi connectivity index (χ3v) is 8.76. The van der Waals surface area contributed by atoms with Gasteiger partial charge in [0.25, 0.3) is 0 Å². The summed E-state index contributed by atoms with van der Waals surface area (Å²) in [6.45, 7) is 0. The van der Waals surface area contributed by atoms with Crippen LogP contribution in [-0.4, -0.2) is 4.57 Å². The lowest BCUT2D eigenvalue weighted by Gasteiger charge is -2.07. The minimum atomic E-state index is 0. The molecule has 0 atom stereocenters. The maximum Gasteiger partial charge on any atom is 0.0541 e. The molecule has 208 valence electrons. The number of nitrogens with zero attached hydrogens (tertiary/aromatic N) is 1. The van der Waals surface area contributed by atoms with Gasteiger partial charge in [-0.25, -0.2) is 0 Å². The van der Waals surface area contributed by atoms with Crippen molar-refractivity contribution in [3.8, 4) is 16.8 Å². The van der Waals surface area contributed by atoms with Crippen LogP contribution in [0.25, 0.3) is 38.6 Å². The zero-order chi connectivity index (χ0) is 28.2. The van der Waals surface area contributed by atoms with Crippen molar-refractivity contribution in [2.24, 2.45) is 0 Å². The van der Waals surface area contributed by atoms with E-state index in [0.717, 1.165) is 19.8 Å². The Balaban J connectivity index is 0.000000138. The first-order valence-electron chi connectivity index (χ1n) is 13.4. The van der Waals surface area contributed by atoms with Crippen LogP contribution in [0.5, 0.6) is 0 Å². The van der Waals surface area contributed by atoms with Crippen LogP contribution in [0, 0.1) is 0 Å². The highest BCUT2D eigenvalue weighted by atomic mass is 79.9. The molecule has 0 fully saturated rings. The first-order chi connectivity index (χ1) is 20.1. The van der Waals surface area contributed by atoms with Crippen LogP contribution in [0.2, 0.25) is 0 Å². The quantitative estimate of drug-likeness (QED) is 0.158. The Morgan fingerprint density at radius 1 is 0.405 bits per heavy atom. The van der Waals surface area contributed by atoms with Gasteiger partial charge in [-0.2, -0.15) is 0 Å². The number of hydrogen-bond acceptors (Lipinski definition) is 0. The Bertz CT molecular complexity index is 1820. The van der Waals surface area contributed by atoms with E-state index >= 15 is 0 Å². The maximum atomic E-state index is 3.50. The highest BCUT2D eigenvalue weighted by molar-refractivity contribution is 9.11. The van der Waals surface area contributed by atoms with Crippen LogP contribution in [0.15, 0.2) is 159 Å². The molecule has 0 amide bonds. The molecule has 1 aliphatic rings. The zero-order valence-corrected chi connectivity index (χ0v) is 26.9. The second-order valence-electron chi connectivity index (χ2n) is 9.77. The van der Waals surface area contributed by atoms with Crippen LogP contribution in [0.1, 0.15) is 18.6 Å². The first kappa shape index (κ1) is 30.0. The minimum absolute atomic E-state index is 0. The van der Waals surface area contributed by atoms with Gasteiger partial charge in [-0.05, 0) is 89.3 Å². The van der Waals surface area contributed by atoms with Gasteiger partial charge < -0.3 is 4.57 Å². The summed E-state index contributed by atoms with van der Waals surface area (Å²) in [5.41, 5.74) is 9.43. The minimum Gasteiger partial charge on any atom is -0.309 e. The van der Waals surface area contributed by atoms with Gasteiger partial charge in [0.15, 0.2) is 0 Å². The lowest BCUT2D eigenvalue weighted by atomic mass is 10.1. The molecule has 0 bridgehead atoms. The normalized spacial score (nSPS) is 10.9. The number of rotatable bonds is 1. The van der Waals surface area contributed by atoms with Crippen molar-refractivity contribution >= 4 is 69.6 Å². The smallest absolute Gasteiger partial charge is 0.0541 e. The fraction of sp³-hybridized carbons (Fsp3) is 0.0526. The summed E-state index contributed by atoms with van der Waals surface area (Å²) >= 11 is 10.1. The molecule has 0 aliphatic heterocycles. The van der Waals surface area contributed by atoms with E-state index in [1.54, 1.807) is 0 Å². The maximum absolute atomic E-state index is 3.50. The lowest BCUT2D eigenvalue weighted by Crippen LogP contribution is -1.92. The second-order valence-corrected chi connectivity index (χ2v) is 12.5. The molecule has 0 radical (unpaired) electrons. The van der Waals surface area contributed by atoms with E-state index in [0.29, 0.717) is 0 Å². The monoisotopic (exact) mass is 737 g/mol. The SMILES string of the molecule is Brc1ccc(-n2c3ccccc3c3ccccc32)cc1.Brc1ccc(Br)cc1.C.c1ccc2c(c1)Cc1ccccc1-2. The molecule has 1 heterocycles. The molecule has 42 heavy (non-hydrogen) atoms. The number of aromatic nitrogens is 1. The van der Waals surface area contributed by atoms with Gasteiger partial charge in [-0.15, -0.1) is 0 Å². The van der Waals surface area contributed by atoms with E-state index in [1.165, 1.54) is 49.7 Å². The van der Waals surface area contributed by atoms with Crippen molar-refractivity contribution in [3.63, 3.8) is 0 Å². The molecule has 0 saturated carbocycles. The Kier molecular flexibility index (Phi) is 9.79. The van der Waals surface area contributed by atoms with Gasteiger partial charge in [0.2, 0.25) is 0 Å². The van der Waals surface area contributed by atoms with E-state index in [-0.39, 0.29) is 7.43 Å². The Labute approximate surface area is 273 Å². The summed E-state index contributed by atoms with van der Waals surface area (Å²) in [4.78, 5) is 0. The van der Waals surface area contributed by atoms with Crippen LogP contribution in [0.4, 0.5) is 0 Å². The standard InChI is InChI=1S/C18H12BrN.C13H10.C6H4Br2.CH4/c19-13-9-11-14(12-10-13)20-17-7-3-1-5-15(17)16-6-2-4-8-18(16)20;1-3-7-12-10(5-1)9-11-6-2-4-8-13(11)12;7-5-1-2-6(8)4-3-5;/h1-12H;1-8H,9H2;1-4H;1H4. The molecule has 0 saturated heterocycles. The van der Waals surface area contributed by atoms with E-state index in [4.69, 9.17) is 0 Å². The Morgan fingerprint density at radius 2 is 0.762 bits per heavy atom. The summed E-state index contributed by atoms with van der Waals surface area (Å²) in [6, 6.07) is 50.8. The predicted octanol–water partition coefficient (Wildman–Crippen LogP) is 12.7. The van der Waals surface area contributed by atoms with E-state index in [9.17, 15) is 0 Å². The fourth-order valence-electron chi connectivity index (χ4n) is 5.30. The zero-order valence-electron chi connectivity index (χ0n) is 22.1. The van der Waals surface area contributed by atoms with Crippen molar-refractivity contribution in [1.29, 1.82) is 0 Å². The summed E-state index contributed by atoms with van der Waals surface area (Å²) < 4.78 is 5.64. The third kappa shape index (κ3) is 6.47. The van der Waals surface area contributed by atoms with Gasteiger partial charge in [0.1, 0.15) is 0 Å². The van der Waals surface area contributed by atoms with Gasteiger partial charge in [0, 0.05) is 29.9 Å². The Morgan fingerprint density at radius 3 is 1.21 bits per heavy atom. The topological polar surface area (TPSA) is 4.93 Å². The highest BCUT2D eigenvalue weighted by Gasteiger charge is 2.16. The number of hydrogen-bond donors (Lipinski definition) is 0. The summed E-state index contributed by atoms with van der Waals surface area (Å²) in [5, 5.41) is 2.59. The molecule has 7 aromatic rings. The number of fused-ring (bicyclic) bond motifs is 6. The molecular formula is C38H30Br3N. The van der Waals surface area contributed by atoms with Gasteiger partial charge >= 0.3 is 0 Å². The average Bonchev–Trinajstić information content (AvgIpc) is 3.56. The van der Waals surface area contributed by atoms with Crippen molar-refractivity contribution in [2.75, 3.05) is 0 Å². The molecule has 8 rings (SSSR count). The molecule has 1 nitrogen and oxygen atoms in total. The average molecular weight is 740 g/mol. The van der Waals surface area contributed by atoms with Crippen LogP contribution in [-0.2, 0) is 6.42 Å². The lowest BCUT2D eigenvalue weighted by molar-refractivity contribution is 1.18. The van der Waals surface area contributed by atoms with Gasteiger partial charge in [0.05, 0.1) is 11.0 Å². The number of benzene rings is 6. The predicted molar refractivity (Wildman–Crippen MR) is 192 cm³/mol. The van der Waals surface area contributed by atoms with E-state index < -0.39 is 0 Å². The fourth-order valence-corrected chi connectivity index (χ4v) is 6.09. The molecule has 1 aromatic heterocycles. The molecule has 0 unspecified atom stereocenters. The van der Waals surface area contributed by atoms with Gasteiger partial charge in [-0.1, -0.05) is 140 Å². The number of halogens is 3. The molecular weight excluding hydrogens is 710 g/mol. The highest BCUT2D eigenvalue weighted by Crippen LogP contribution is 2.36. The van der Waals surface area contributed by atoms with Crippen LogP contribution in [0.3, 0.4) is 0 Å². The van der Waals surface area contributed by atoms with Gasteiger partial charge in [-0.3, -0.25) is 0 Å². The van der Waals surface area contributed by atoms with Crippen LogP contribution < -0.4 is 0 Å². The van der Waals surface area contributed by atoms with Crippen LogP contribution >= 0.6 is 47.8 Å². The first-order valence-corrected chi connectivity index (χ1v) is 15.8. The van der Waals surface area contributed by atoms with Crippen molar-refractivity contribution in [2.45, 2.75) is 13.8 Å².